The summed E-state index contributed by atoms with van der Waals surface area (Å²) in [5.41, 5.74) is 4.44. The number of aliphatic hydroxyl groups excluding tert-OH is 1. The number of hydrogen-bond acceptors (Lipinski definition) is 7. The fourth-order valence-corrected chi connectivity index (χ4v) is 3.44. The Morgan fingerprint density at radius 3 is 2.46 bits per heavy atom. The van der Waals surface area contributed by atoms with Crippen LogP contribution in [0.25, 0.3) is 21.8 Å². The number of anilines is 1. The van der Waals surface area contributed by atoms with Gasteiger partial charge in [0.25, 0.3) is 0 Å². The van der Waals surface area contributed by atoms with Gasteiger partial charge in [-0.15, -0.1) is 0 Å². The summed E-state index contributed by atoms with van der Waals surface area (Å²) >= 11 is 1.18. The molecule has 0 radical (unpaired) electrons. The SMILES string of the molecule is Cc1cc(-c2nc(-c3cc([C@](O)(CO)C(F)(F)F)ccc3C)cnc2N)sn1. The van der Waals surface area contributed by atoms with Gasteiger partial charge in [0.2, 0.25) is 5.60 Å². The van der Waals surface area contributed by atoms with Gasteiger partial charge in [-0.25, -0.2) is 9.97 Å². The Bertz CT molecular complexity index is 1020. The smallest absolute Gasteiger partial charge is 0.393 e. The number of alkyl halides is 3. The third-order valence-corrected chi connectivity index (χ3v) is 5.24. The molecule has 0 aliphatic carbocycles. The average Bonchev–Trinajstić information content (AvgIpc) is 3.07. The van der Waals surface area contributed by atoms with Crippen molar-refractivity contribution in [1.29, 1.82) is 0 Å². The summed E-state index contributed by atoms with van der Waals surface area (Å²) in [7, 11) is 0. The van der Waals surface area contributed by atoms with Crippen LogP contribution >= 0.6 is 11.5 Å². The summed E-state index contributed by atoms with van der Waals surface area (Å²) in [6, 6.07) is 5.49. The van der Waals surface area contributed by atoms with Crippen molar-refractivity contribution in [2.24, 2.45) is 0 Å². The lowest BCUT2D eigenvalue weighted by atomic mass is 9.90. The van der Waals surface area contributed by atoms with Crippen LogP contribution in [0.5, 0.6) is 0 Å². The van der Waals surface area contributed by atoms with Crippen molar-refractivity contribution < 1.29 is 23.4 Å². The van der Waals surface area contributed by atoms with Gasteiger partial charge in [0, 0.05) is 5.56 Å². The maximum Gasteiger partial charge on any atom is 0.423 e. The van der Waals surface area contributed by atoms with E-state index in [2.05, 4.69) is 14.3 Å². The van der Waals surface area contributed by atoms with Gasteiger partial charge in [-0.05, 0) is 48.6 Å². The monoisotopic (exact) mass is 410 g/mol. The number of nitrogens with two attached hydrogens (primary N) is 1. The van der Waals surface area contributed by atoms with Crippen LogP contribution < -0.4 is 5.73 Å². The van der Waals surface area contributed by atoms with Crippen LogP contribution in [0.4, 0.5) is 19.0 Å². The number of aromatic nitrogens is 3. The number of aryl methyl sites for hydroxylation is 2. The standard InChI is InChI=1S/C18H17F3N4O2S/c1-9-3-4-11(17(27,8-26)18(19,20)21)6-12(9)13-7-23-16(22)15(24-13)14-5-10(2)25-28-14/h3-7,26-27H,8H2,1-2H3,(H2,22,23)/t17-/m1/s1. The molecule has 1 aromatic carbocycles. The number of rotatable bonds is 4. The normalized spacial score (nSPS) is 14.1. The molecule has 28 heavy (non-hydrogen) atoms. The second-order valence-electron chi connectivity index (χ2n) is 6.37. The first-order valence-corrected chi connectivity index (χ1v) is 8.92. The first-order valence-electron chi connectivity index (χ1n) is 8.14. The van der Waals surface area contributed by atoms with Gasteiger partial charge in [-0.2, -0.15) is 17.5 Å². The highest BCUT2D eigenvalue weighted by Crippen LogP contribution is 2.40. The highest BCUT2D eigenvalue weighted by Gasteiger charge is 2.54. The molecule has 0 saturated carbocycles. The summed E-state index contributed by atoms with van der Waals surface area (Å²) in [5, 5.41) is 19.2. The maximum absolute atomic E-state index is 13.3. The zero-order valence-corrected chi connectivity index (χ0v) is 15.8. The third-order valence-electron chi connectivity index (χ3n) is 4.35. The third kappa shape index (κ3) is 3.46. The summed E-state index contributed by atoms with van der Waals surface area (Å²) in [6.45, 7) is 2.00. The topological polar surface area (TPSA) is 105 Å². The van der Waals surface area contributed by atoms with Gasteiger partial charge in [0.15, 0.2) is 5.82 Å². The molecule has 0 fully saturated rings. The Balaban J connectivity index is 2.15. The summed E-state index contributed by atoms with van der Waals surface area (Å²) in [6.07, 6.45) is -3.70. The maximum atomic E-state index is 13.3. The van der Waals surface area contributed by atoms with Crippen molar-refractivity contribution in [2.45, 2.75) is 25.6 Å². The number of benzene rings is 1. The molecular weight excluding hydrogens is 393 g/mol. The zero-order valence-electron chi connectivity index (χ0n) is 14.9. The summed E-state index contributed by atoms with van der Waals surface area (Å²) in [4.78, 5) is 9.24. The number of halogens is 3. The van der Waals surface area contributed by atoms with E-state index in [9.17, 15) is 23.4 Å². The van der Waals surface area contributed by atoms with Crippen molar-refractivity contribution in [3.63, 3.8) is 0 Å². The van der Waals surface area contributed by atoms with Crippen molar-refractivity contribution in [2.75, 3.05) is 12.3 Å². The second kappa shape index (κ2) is 7.12. The number of nitrogen functional groups attached to an aromatic ring is 1. The number of aliphatic hydroxyl groups is 2. The Labute approximate surface area is 162 Å². The summed E-state index contributed by atoms with van der Waals surface area (Å²) in [5.74, 6) is 0.170. The lowest BCUT2D eigenvalue weighted by Crippen LogP contribution is -2.45. The molecule has 1 atom stereocenters. The fourth-order valence-electron chi connectivity index (χ4n) is 2.68. The summed E-state index contributed by atoms with van der Waals surface area (Å²) < 4.78 is 44.1. The van der Waals surface area contributed by atoms with Gasteiger partial charge >= 0.3 is 6.18 Å². The molecule has 4 N–H and O–H groups in total. The van der Waals surface area contributed by atoms with E-state index in [1.807, 2.05) is 6.92 Å². The van der Waals surface area contributed by atoms with Crippen LogP contribution in [0.3, 0.4) is 0 Å². The molecule has 3 rings (SSSR count). The Kier molecular flexibility index (Phi) is 5.13. The predicted molar refractivity (Wildman–Crippen MR) is 99.5 cm³/mol. The first-order chi connectivity index (χ1) is 13.1. The molecule has 2 aromatic heterocycles. The molecular formula is C18H17F3N4O2S. The Morgan fingerprint density at radius 1 is 1.18 bits per heavy atom. The molecule has 10 heteroatoms. The van der Waals surface area contributed by atoms with Gasteiger partial charge in [-0.3, -0.25) is 0 Å². The molecule has 0 spiro atoms. The van der Waals surface area contributed by atoms with E-state index in [1.54, 1.807) is 13.0 Å². The largest absolute Gasteiger partial charge is 0.423 e. The molecule has 0 unspecified atom stereocenters. The molecule has 148 valence electrons. The minimum Gasteiger partial charge on any atom is -0.393 e. The van der Waals surface area contributed by atoms with Crippen LogP contribution in [0.15, 0.2) is 30.5 Å². The molecule has 0 aliphatic heterocycles. The lowest BCUT2D eigenvalue weighted by molar-refractivity contribution is -0.277. The van der Waals surface area contributed by atoms with E-state index < -0.39 is 23.9 Å². The van der Waals surface area contributed by atoms with Crippen molar-refractivity contribution in [3.8, 4) is 21.8 Å². The second-order valence-corrected chi connectivity index (χ2v) is 7.17. The van der Waals surface area contributed by atoms with Gasteiger partial charge in [0.05, 0.1) is 29.1 Å². The van der Waals surface area contributed by atoms with Crippen LogP contribution in [-0.2, 0) is 5.60 Å². The molecule has 0 saturated heterocycles. The predicted octanol–water partition coefficient (Wildman–Crippen LogP) is 3.21. The average molecular weight is 410 g/mol. The molecule has 0 bridgehead atoms. The first kappa shape index (κ1) is 20.2. The van der Waals surface area contributed by atoms with Crippen LogP contribution in [0.2, 0.25) is 0 Å². The Hall–Kier alpha value is -2.56. The number of hydrogen-bond donors (Lipinski definition) is 3. The minimum atomic E-state index is -5.05. The molecule has 0 amide bonds. The highest BCUT2D eigenvalue weighted by molar-refractivity contribution is 7.09. The molecule has 2 heterocycles. The van der Waals surface area contributed by atoms with Crippen molar-refractivity contribution >= 4 is 17.4 Å². The number of nitrogens with zero attached hydrogens (tertiary/aromatic N) is 3. The fraction of sp³-hybridized carbons (Fsp3) is 0.278. The van der Waals surface area contributed by atoms with E-state index in [-0.39, 0.29) is 11.5 Å². The van der Waals surface area contributed by atoms with E-state index in [1.165, 1.54) is 23.8 Å². The van der Waals surface area contributed by atoms with E-state index >= 15 is 0 Å². The quantitative estimate of drug-likeness (QED) is 0.610. The van der Waals surface area contributed by atoms with Crippen LogP contribution in [-0.4, -0.2) is 37.3 Å². The highest BCUT2D eigenvalue weighted by atomic mass is 32.1. The van der Waals surface area contributed by atoms with Crippen molar-refractivity contribution in [1.82, 2.24) is 14.3 Å². The minimum absolute atomic E-state index is 0.170. The molecule has 0 aliphatic rings. The lowest BCUT2D eigenvalue weighted by Gasteiger charge is -2.29. The van der Waals surface area contributed by atoms with Gasteiger partial charge in [-0.1, -0.05) is 12.1 Å². The Morgan fingerprint density at radius 2 is 1.89 bits per heavy atom. The molecule has 6 nitrogen and oxygen atoms in total. The van der Waals surface area contributed by atoms with Gasteiger partial charge in [0.1, 0.15) is 5.69 Å². The van der Waals surface area contributed by atoms with E-state index in [0.717, 1.165) is 17.8 Å². The van der Waals surface area contributed by atoms with Crippen molar-refractivity contribution in [3.05, 3.63) is 47.3 Å². The van der Waals surface area contributed by atoms with Gasteiger partial charge < -0.3 is 15.9 Å². The van der Waals surface area contributed by atoms with Crippen LogP contribution in [0, 0.1) is 13.8 Å². The van der Waals surface area contributed by atoms with Crippen LogP contribution in [0.1, 0.15) is 16.8 Å². The molecule has 3 aromatic rings. The zero-order chi connectivity index (χ0) is 20.7. The van der Waals surface area contributed by atoms with E-state index in [0.29, 0.717) is 21.7 Å². The van der Waals surface area contributed by atoms with E-state index in [4.69, 9.17) is 5.73 Å².